The highest BCUT2D eigenvalue weighted by Crippen LogP contribution is 2.25. The van der Waals surface area contributed by atoms with E-state index in [1.165, 1.54) is 0 Å². The van der Waals surface area contributed by atoms with Crippen molar-refractivity contribution in [2.45, 2.75) is 12.8 Å². The van der Waals surface area contributed by atoms with Crippen molar-refractivity contribution in [2.24, 2.45) is 0 Å². The van der Waals surface area contributed by atoms with Gasteiger partial charge in [-0.05, 0) is 24.3 Å². The van der Waals surface area contributed by atoms with Crippen LogP contribution in [0.4, 0.5) is 0 Å². The number of carbonyl (C=O) groups is 1. The minimum absolute atomic E-state index is 0.0580. The van der Waals surface area contributed by atoms with Crippen LogP contribution in [0.5, 0.6) is 5.75 Å². The largest absolute Gasteiger partial charge is 0.497 e. The van der Waals surface area contributed by atoms with Gasteiger partial charge in [0.15, 0.2) is 5.65 Å². The van der Waals surface area contributed by atoms with E-state index >= 15 is 0 Å². The molecule has 0 saturated heterocycles. The number of hydrogen-bond donors (Lipinski definition) is 1. The standard InChI is InChI=1S/C19H18N4O3/c1-25-14-5-6-15-13(12-26-16(15)11-14)10-19(24)20-8-7-18-22-21-17-4-2-3-9-23(17)18/h2-6,9,11-12H,7-8,10H2,1H3,(H,20,24). The van der Waals surface area contributed by atoms with Crippen molar-refractivity contribution in [2.75, 3.05) is 13.7 Å². The summed E-state index contributed by atoms with van der Waals surface area (Å²) in [5.41, 5.74) is 2.37. The molecule has 132 valence electrons. The Morgan fingerprint density at radius 1 is 1.27 bits per heavy atom. The second-order valence-corrected chi connectivity index (χ2v) is 5.94. The van der Waals surface area contributed by atoms with Crippen molar-refractivity contribution in [3.8, 4) is 5.75 Å². The number of aromatic nitrogens is 3. The molecule has 4 rings (SSSR count). The first-order chi connectivity index (χ1) is 12.7. The molecule has 0 aliphatic carbocycles. The third-order valence-corrected chi connectivity index (χ3v) is 4.27. The van der Waals surface area contributed by atoms with Gasteiger partial charge in [-0.15, -0.1) is 10.2 Å². The Morgan fingerprint density at radius 3 is 3.08 bits per heavy atom. The lowest BCUT2D eigenvalue weighted by molar-refractivity contribution is -0.120. The van der Waals surface area contributed by atoms with Gasteiger partial charge in [0.05, 0.1) is 19.8 Å². The number of methoxy groups -OCH3 is 1. The van der Waals surface area contributed by atoms with E-state index in [1.54, 1.807) is 13.4 Å². The number of nitrogens with zero attached hydrogens (tertiary/aromatic N) is 3. The molecule has 0 spiro atoms. The van der Waals surface area contributed by atoms with Gasteiger partial charge in [0.2, 0.25) is 5.91 Å². The van der Waals surface area contributed by atoms with E-state index in [0.29, 0.717) is 18.5 Å². The molecule has 0 saturated carbocycles. The predicted molar refractivity (Wildman–Crippen MR) is 96.2 cm³/mol. The number of amides is 1. The normalized spacial score (nSPS) is 11.1. The quantitative estimate of drug-likeness (QED) is 0.577. The molecule has 0 bridgehead atoms. The lowest BCUT2D eigenvalue weighted by Crippen LogP contribution is -2.27. The number of nitrogens with one attached hydrogen (secondary N) is 1. The maximum Gasteiger partial charge on any atom is 0.224 e. The van der Waals surface area contributed by atoms with E-state index in [0.717, 1.165) is 28.2 Å². The number of hydrogen-bond acceptors (Lipinski definition) is 5. The molecule has 0 radical (unpaired) electrons. The lowest BCUT2D eigenvalue weighted by atomic mass is 10.1. The van der Waals surface area contributed by atoms with Crippen molar-refractivity contribution in [1.29, 1.82) is 0 Å². The smallest absolute Gasteiger partial charge is 0.224 e. The molecular weight excluding hydrogens is 332 g/mol. The van der Waals surface area contributed by atoms with Crippen LogP contribution in [0, 0.1) is 0 Å². The van der Waals surface area contributed by atoms with Crippen LogP contribution < -0.4 is 10.1 Å². The molecule has 1 amide bonds. The van der Waals surface area contributed by atoms with Gasteiger partial charge < -0.3 is 14.5 Å². The molecule has 3 heterocycles. The monoisotopic (exact) mass is 350 g/mol. The number of ether oxygens (including phenoxy) is 1. The Hall–Kier alpha value is -3.35. The van der Waals surface area contributed by atoms with Gasteiger partial charge in [-0.25, -0.2) is 0 Å². The van der Waals surface area contributed by atoms with E-state index in [9.17, 15) is 4.79 Å². The summed E-state index contributed by atoms with van der Waals surface area (Å²) in [4.78, 5) is 12.2. The van der Waals surface area contributed by atoms with Crippen LogP contribution in [0.3, 0.4) is 0 Å². The van der Waals surface area contributed by atoms with E-state index < -0.39 is 0 Å². The van der Waals surface area contributed by atoms with E-state index in [4.69, 9.17) is 9.15 Å². The Labute approximate surface area is 149 Å². The van der Waals surface area contributed by atoms with E-state index in [1.807, 2.05) is 47.0 Å². The second kappa shape index (κ2) is 6.87. The van der Waals surface area contributed by atoms with Crippen molar-refractivity contribution >= 4 is 22.5 Å². The molecule has 0 unspecified atom stereocenters. The molecule has 0 aliphatic rings. The van der Waals surface area contributed by atoms with Crippen LogP contribution in [-0.4, -0.2) is 34.2 Å². The van der Waals surface area contributed by atoms with Crippen LogP contribution >= 0.6 is 0 Å². The molecule has 7 heteroatoms. The first-order valence-electron chi connectivity index (χ1n) is 8.34. The Morgan fingerprint density at radius 2 is 2.19 bits per heavy atom. The number of pyridine rings is 1. The first kappa shape index (κ1) is 16.1. The zero-order chi connectivity index (χ0) is 17.9. The maximum atomic E-state index is 12.2. The van der Waals surface area contributed by atoms with Gasteiger partial charge >= 0.3 is 0 Å². The van der Waals surface area contributed by atoms with Gasteiger partial charge in [-0.2, -0.15) is 0 Å². The molecule has 0 atom stereocenters. The fourth-order valence-electron chi connectivity index (χ4n) is 2.94. The molecule has 0 fully saturated rings. The molecule has 1 aromatic carbocycles. The lowest BCUT2D eigenvalue weighted by Gasteiger charge is -2.04. The third kappa shape index (κ3) is 3.11. The molecular formula is C19H18N4O3. The second-order valence-electron chi connectivity index (χ2n) is 5.94. The zero-order valence-corrected chi connectivity index (χ0v) is 14.3. The summed E-state index contributed by atoms with van der Waals surface area (Å²) >= 11 is 0. The summed E-state index contributed by atoms with van der Waals surface area (Å²) in [7, 11) is 1.61. The van der Waals surface area contributed by atoms with E-state index in [-0.39, 0.29) is 12.3 Å². The summed E-state index contributed by atoms with van der Waals surface area (Å²) in [6.45, 7) is 0.498. The molecule has 7 nitrogen and oxygen atoms in total. The van der Waals surface area contributed by atoms with Gasteiger partial charge in [0.1, 0.15) is 17.2 Å². The maximum absolute atomic E-state index is 12.2. The number of rotatable bonds is 6. The van der Waals surface area contributed by atoms with Crippen molar-refractivity contribution in [3.05, 3.63) is 60.2 Å². The molecule has 4 aromatic rings. The summed E-state index contributed by atoms with van der Waals surface area (Å²) in [6.07, 6.45) is 4.41. The fraction of sp³-hybridized carbons (Fsp3) is 0.211. The molecule has 26 heavy (non-hydrogen) atoms. The van der Waals surface area contributed by atoms with Gasteiger partial charge in [-0.1, -0.05) is 6.07 Å². The molecule has 1 N–H and O–H groups in total. The van der Waals surface area contributed by atoms with Gasteiger partial charge in [-0.3, -0.25) is 9.20 Å². The highest BCUT2D eigenvalue weighted by molar-refractivity contribution is 5.88. The Bertz CT molecular complexity index is 1070. The summed E-state index contributed by atoms with van der Waals surface area (Å²) in [5.74, 6) is 1.49. The number of carbonyl (C=O) groups excluding carboxylic acids is 1. The summed E-state index contributed by atoms with van der Waals surface area (Å²) in [5, 5.41) is 12.1. The third-order valence-electron chi connectivity index (χ3n) is 4.27. The van der Waals surface area contributed by atoms with Crippen LogP contribution in [0.25, 0.3) is 16.6 Å². The molecule has 3 aromatic heterocycles. The van der Waals surface area contributed by atoms with Crippen LogP contribution in [0.1, 0.15) is 11.4 Å². The SMILES string of the molecule is COc1ccc2c(CC(=O)NCCc3nnc4ccccn34)coc2c1. The first-order valence-corrected chi connectivity index (χ1v) is 8.34. The van der Waals surface area contributed by atoms with Crippen LogP contribution in [-0.2, 0) is 17.6 Å². The Kier molecular flexibility index (Phi) is 4.27. The number of benzene rings is 1. The van der Waals surface area contributed by atoms with Crippen molar-refractivity contribution in [3.63, 3.8) is 0 Å². The van der Waals surface area contributed by atoms with Gasteiger partial charge in [0.25, 0.3) is 0 Å². The minimum atomic E-state index is -0.0580. The molecule has 0 aliphatic heterocycles. The van der Waals surface area contributed by atoms with Crippen molar-refractivity contribution < 1.29 is 13.9 Å². The topological polar surface area (TPSA) is 81.7 Å². The van der Waals surface area contributed by atoms with Crippen LogP contribution in [0.2, 0.25) is 0 Å². The highest BCUT2D eigenvalue weighted by atomic mass is 16.5. The van der Waals surface area contributed by atoms with Crippen LogP contribution in [0.15, 0.2) is 53.3 Å². The average molecular weight is 350 g/mol. The fourth-order valence-corrected chi connectivity index (χ4v) is 2.94. The Balaban J connectivity index is 1.37. The van der Waals surface area contributed by atoms with E-state index in [2.05, 4.69) is 15.5 Å². The zero-order valence-electron chi connectivity index (χ0n) is 14.3. The van der Waals surface area contributed by atoms with Crippen molar-refractivity contribution in [1.82, 2.24) is 19.9 Å². The summed E-state index contributed by atoms with van der Waals surface area (Å²) in [6, 6.07) is 11.3. The number of fused-ring (bicyclic) bond motifs is 2. The number of furan rings is 1. The summed E-state index contributed by atoms with van der Waals surface area (Å²) < 4.78 is 12.6. The minimum Gasteiger partial charge on any atom is -0.497 e. The highest BCUT2D eigenvalue weighted by Gasteiger charge is 2.11. The average Bonchev–Trinajstić information content (AvgIpc) is 3.26. The van der Waals surface area contributed by atoms with Gasteiger partial charge in [0, 0.05) is 36.2 Å². The predicted octanol–water partition coefficient (Wildman–Crippen LogP) is 2.39.